The van der Waals surface area contributed by atoms with Gasteiger partial charge in [0.2, 0.25) is 0 Å². The van der Waals surface area contributed by atoms with Crippen LogP contribution in [0.5, 0.6) is 0 Å². The number of para-hydroxylation sites is 3. The second-order valence-electron chi connectivity index (χ2n) is 13.8. The molecule has 1 N–H and O–H groups in total. The van der Waals surface area contributed by atoms with Crippen LogP contribution in [0.25, 0.3) is 99.4 Å². The van der Waals surface area contributed by atoms with E-state index in [4.69, 9.17) is 4.42 Å². The van der Waals surface area contributed by atoms with Crippen molar-refractivity contribution in [3.8, 4) is 55.6 Å². The topological polar surface area (TPSA) is 28.9 Å². The second-order valence-corrected chi connectivity index (χ2v) is 13.8. The summed E-state index contributed by atoms with van der Waals surface area (Å²) in [5.41, 5.74) is 19.2. The smallest absolute Gasteiger partial charge is 0.143 e. The van der Waals surface area contributed by atoms with Gasteiger partial charge in [-0.3, -0.25) is 0 Å². The maximum atomic E-state index is 6.40. The standard InChI is InChI=1S/C49H31NO.C2H6/c1-2-14-38-34(9-1)27-36-22-21-33(28-44(36)38)31-11-5-10-30(25-31)32-12-6-13-35(26-32)39-16-7-18-42-45-29-37(23-24-46(45)50-48(39)42)40-17-8-19-43-41-15-3-4-20-47(41)51-49(40)43;1-2/h1-26,28-29,50H,27H2;1-2H3. The molecule has 11 rings (SSSR count). The molecule has 1 aliphatic rings. The van der Waals surface area contributed by atoms with Crippen molar-refractivity contribution in [2.45, 2.75) is 20.3 Å². The summed E-state index contributed by atoms with van der Waals surface area (Å²) in [5, 5.41) is 4.72. The molecule has 0 saturated heterocycles. The van der Waals surface area contributed by atoms with Gasteiger partial charge in [-0.15, -0.1) is 0 Å². The van der Waals surface area contributed by atoms with E-state index in [1.165, 1.54) is 66.4 Å². The molecule has 2 heteroatoms. The van der Waals surface area contributed by atoms with Crippen molar-refractivity contribution in [1.29, 1.82) is 0 Å². The Morgan fingerprint density at radius 1 is 0.396 bits per heavy atom. The Labute approximate surface area is 309 Å². The Balaban J connectivity index is 0.00000172. The predicted octanol–water partition coefficient (Wildman–Crippen LogP) is 14.5. The Bertz CT molecular complexity index is 3010. The number of aromatic amines is 1. The molecule has 0 radical (unpaired) electrons. The van der Waals surface area contributed by atoms with Crippen LogP contribution in [0.15, 0.2) is 174 Å². The van der Waals surface area contributed by atoms with Gasteiger partial charge in [-0.1, -0.05) is 147 Å². The third-order valence-electron chi connectivity index (χ3n) is 10.9. The van der Waals surface area contributed by atoms with E-state index < -0.39 is 0 Å². The van der Waals surface area contributed by atoms with Crippen molar-refractivity contribution in [2.75, 3.05) is 0 Å². The number of rotatable bonds is 4. The normalized spacial score (nSPS) is 11.9. The molecule has 1 aliphatic carbocycles. The van der Waals surface area contributed by atoms with Gasteiger partial charge in [-0.25, -0.2) is 0 Å². The van der Waals surface area contributed by atoms with Gasteiger partial charge < -0.3 is 9.40 Å². The van der Waals surface area contributed by atoms with Crippen molar-refractivity contribution in [1.82, 2.24) is 4.98 Å². The Morgan fingerprint density at radius 2 is 0.981 bits per heavy atom. The molecule has 0 saturated carbocycles. The molecule has 10 aromatic rings. The second kappa shape index (κ2) is 12.5. The van der Waals surface area contributed by atoms with Gasteiger partial charge in [-0.05, 0) is 98.5 Å². The number of hydrogen-bond donors (Lipinski definition) is 1. The minimum absolute atomic E-state index is 0.918. The molecular formula is C51H37NO. The molecular weight excluding hydrogens is 643 g/mol. The van der Waals surface area contributed by atoms with Crippen molar-refractivity contribution in [3.05, 3.63) is 181 Å². The lowest BCUT2D eigenvalue weighted by Crippen LogP contribution is -1.86. The molecule has 2 nitrogen and oxygen atoms in total. The summed E-state index contributed by atoms with van der Waals surface area (Å²) in [7, 11) is 0. The SMILES string of the molecule is CC.c1cc(-c2cccc(-c3cccc4c3[nH]c3ccc(-c5cccc6c5oc5ccccc56)cc34)c2)cc(-c2ccc3c(c2)-c2ccccc2C3)c1. The monoisotopic (exact) mass is 679 g/mol. The molecule has 2 heterocycles. The van der Waals surface area contributed by atoms with Crippen LogP contribution in [0.2, 0.25) is 0 Å². The molecule has 0 unspecified atom stereocenters. The van der Waals surface area contributed by atoms with Crippen LogP contribution >= 0.6 is 0 Å². The predicted molar refractivity (Wildman–Crippen MR) is 224 cm³/mol. The van der Waals surface area contributed by atoms with Gasteiger partial charge >= 0.3 is 0 Å². The number of benzene rings is 8. The van der Waals surface area contributed by atoms with E-state index in [1.807, 2.05) is 26.0 Å². The summed E-state index contributed by atoms with van der Waals surface area (Å²) in [5.74, 6) is 0. The molecule has 252 valence electrons. The van der Waals surface area contributed by atoms with Crippen LogP contribution in [-0.4, -0.2) is 4.98 Å². The average molecular weight is 680 g/mol. The first-order valence-corrected chi connectivity index (χ1v) is 18.6. The Hall–Kier alpha value is -6.64. The quantitative estimate of drug-likeness (QED) is 0.197. The zero-order valence-corrected chi connectivity index (χ0v) is 29.8. The first-order valence-electron chi connectivity index (χ1n) is 18.6. The first-order chi connectivity index (χ1) is 26.2. The third kappa shape index (κ3) is 5.10. The highest BCUT2D eigenvalue weighted by Crippen LogP contribution is 2.41. The molecule has 0 atom stereocenters. The number of furan rings is 1. The highest BCUT2D eigenvalue weighted by Gasteiger charge is 2.19. The lowest BCUT2D eigenvalue weighted by Gasteiger charge is -2.10. The molecule has 8 aromatic carbocycles. The number of fused-ring (bicyclic) bond motifs is 9. The van der Waals surface area contributed by atoms with E-state index in [2.05, 4.69) is 163 Å². The van der Waals surface area contributed by atoms with E-state index in [-0.39, 0.29) is 0 Å². The van der Waals surface area contributed by atoms with Crippen molar-refractivity contribution < 1.29 is 4.42 Å². The molecule has 53 heavy (non-hydrogen) atoms. The van der Waals surface area contributed by atoms with Crippen LogP contribution in [0, 0.1) is 0 Å². The van der Waals surface area contributed by atoms with Crippen molar-refractivity contribution >= 4 is 43.7 Å². The largest absolute Gasteiger partial charge is 0.455 e. The summed E-state index contributed by atoms with van der Waals surface area (Å²) in [4.78, 5) is 3.78. The van der Waals surface area contributed by atoms with E-state index in [9.17, 15) is 0 Å². The van der Waals surface area contributed by atoms with Crippen molar-refractivity contribution in [3.63, 3.8) is 0 Å². The fourth-order valence-electron chi connectivity index (χ4n) is 8.35. The van der Waals surface area contributed by atoms with E-state index in [0.717, 1.165) is 50.5 Å². The van der Waals surface area contributed by atoms with E-state index in [0.29, 0.717) is 0 Å². The maximum Gasteiger partial charge on any atom is 0.143 e. The highest BCUT2D eigenvalue weighted by atomic mass is 16.3. The van der Waals surface area contributed by atoms with E-state index in [1.54, 1.807) is 0 Å². The molecule has 0 spiro atoms. The maximum absolute atomic E-state index is 6.40. The zero-order chi connectivity index (χ0) is 35.5. The zero-order valence-electron chi connectivity index (χ0n) is 29.8. The van der Waals surface area contributed by atoms with Crippen LogP contribution < -0.4 is 0 Å². The van der Waals surface area contributed by atoms with Crippen molar-refractivity contribution in [2.24, 2.45) is 0 Å². The minimum atomic E-state index is 0.918. The molecule has 2 aromatic heterocycles. The fourth-order valence-corrected chi connectivity index (χ4v) is 8.35. The summed E-state index contributed by atoms with van der Waals surface area (Å²) in [6.45, 7) is 4.00. The molecule has 0 fully saturated rings. The molecule has 0 amide bonds. The highest BCUT2D eigenvalue weighted by molar-refractivity contribution is 6.14. The molecule has 0 bridgehead atoms. The van der Waals surface area contributed by atoms with Crippen LogP contribution in [0.4, 0.5) is 0 Å². The molecule has 0 aliphatic heterocycles. The van der Waals surface area contributed by atoms with Crippen LogP contribution in [0.3, 0.4) is 0 Å². The lowest BCUT2D eigenvalue weighted by atomic mass is 9.94. The van der Waals surface area contributed by atoms with Crippen LogP contribution in [-0.2, 0) is 6.42 Å². The number of hydrogen-bond acceptors (Lipinski definition) is 1. The fraction of sp³-hybridized carbons (Fsp3) is 0.0588. The minimum Gasteiger partial charge on any atom is -0.455 e. The summed E-state index contributed by atoms with van der Waals surface area (Å²) in [6, 6.07) is 61.7. The first kappa shape index (κ1) is 31.1. The van der Waals surface area contributed by atoms with Gasteiger partial charge in [0.1, 0.15) is 11.2 Å². The summed E-state index contributed by atoms with van der Waals surface area (Å²) < 4.78 is 6.40. The number of aromatic nitrogens is 1. The summed E-state index contributed by atoms with van der Waals surface area (Å²) >= 11 is 0. The number of nitrogens with one attached hydrogen (secondary N) is 1. The van der Waals surface area contributed by atoms with Gasteiger partial charge in [-0.2, -0.15) is 0 Å². The average Bonchev–Trinajstić information content (AvgIpc) is 3.92. The van der Waals surface area contributed by atoms with Crippen LogP contribution in [0.1, 0.15) is 25.0 Å². The van der Waals surface area contributed by atoms with Gasteiger partial charge in [0.25, 0.3) is 0 Å². The van der Waals surface area contributed by atoms with E-state index >= 15 is 0 Å². The van der Waals surface area contributed by atoms with Gasteiger partial charge in [0, 0.05) is 38.2 Å². The third-order valence-corrected chi connectivity index (χ3v) is 10.9. The lowest BCUT2D eigenvalue weighted by molar-refractivity contribution is 0.670. The van der Waals surface area contributed by atoms with Gasteiger partial charge in [0.15, 0.2) is 0 Å². The Morgan fingerprint density at radius 3 is 1.83 bits per heavy atom. The van der Waals surface area contributed by atoms with Gasteiger partial charge in [0.05, 0.1) is 5.52 Å². The Kier molecular flexibility index (Phi) is 7.37. The number of H-pyrrole nitrogens is 1. The summed E-state index contributed by atoms with van der Waals surface area (Å²) in [6.07, 6.45) is 1.02.